The maximum Gasteiger partial charge on any atom is 0.339 e. The molecule has 0 radical (unpaired) electrons. The molecule has 1 aromatic heterocycles. The van der Waals surface area contributed by atoms with Crippen molar-refractivity contribution in [2.24, 2.45) is 0 Å². The third kappa shape index (κ3) is 4.42. The minimum absolute atomic E-state index is 0.0637. The van der Waals surface area contributed by atoms with Crippen molar-refractivity contribution in [1.29, 1.82) is 0 Å². The SMILES string of the molecule is COc1cc(Br)c(C(=O)Nc2csc(-c3cccc(C)c3)c2C(=O)O)c(Br)c1Br. The van der Waals surface area contributed by atoms with E-state index >= 15 is 0 Å². The van der Waals surface area contributed by atoms with Crippen LogP contribution in [-0.4, -0.2) is 24.1 Å². The third-order valence-corrected chi connectivity index (χ3v) is 7.87. The van der Waals surface area contributed by atoms with E-state index in [2.05, 4.69) is 53.1 Å². The van der Waals surface area contributed by atoms with E-state index in [1.54, 1.807) is 11.4 Å². The number of anilines is 1. The molecule has 1 heterocycles. The molecule has 0 fully saturated rings. The number of hydrogen-bond donors (Lipinski definition) is 2. The highest BCUT2D eigenvalue weighted by Gasteiger charge is 2.25. The number of benzene rings is 2. The zero-order chi connectivity index (χ0) is 21.3. The van der Waals surface area contributed by atoms with Crippen LogP contribution in [0.25, 0.3) is 10.4 Å². The quantitative estimate of drug-likeness (QED) is 0.309. The van der Waals surface area contributed by atoms with Crippen molar-refractivity contribution in [2.45, 2.75) is 6.92 Å². The number of aromatic carboxylic acids is 1. The van der Waals surface area contributed by atoms with Gasteiger partial charge >= 0.3 is 5.97 Å². The lowest BCUT2D eigenvalue weighted by Crippen LogP contribution is -2.15. The fourth-order valence-electron chi connectivity index (χ4n) is 2.78. The van der Waals surface area contributed by atoms with Crippen molar-refractivity contribution in [1.82, 2.24) is 0 Å². The standard InChI is InChI=1S/C20H14Br3NO4S/c1-9-4-3-5-10(6-9)18-15(20(26)27)12(8-29-18)24-19(25)14-11(21)7-13(28-2)16(22)17(14)23/h3-8H,1-2H3,(H,24,25)(H,26,27). The zero-order valence-corrected chi connectivity index (χ0v) is 20.8. The summed E-state index contributed by atoms with van der Waals surface area (Å²) in [5.74, 6) is -1.01. The van der Waals surface area contributed by atoms with E-state index in [9.17, 15) is 14.7 Å². The molecular formula is C20H14Br3NO4S. The van der Waals surface area contributed by atoms with Crippen LogP contribution in [0.4, 0.5) is 5.69 Å². The van der Waals surface area contributed by atoms with Crippen LogP contribution in [-0.2, 0) is 0 Å². The van der Waals surface area contributed by atoms with Crippen LogP contribution in [0.1, 0.15) is 26.3 Å². The highest BCUT2D eigenvalue weighted by molar-refractivity contribution is 9.13. The third-order valence-electron chi connectivity index (χ3n) is 4.11. The number of carboxylic acids is 1. The Bertz CT molecular complexity index is 1130. The Hall–Kier alpha value is -1.68. The number of amides is 1. The largest absolute Gasteiger partial charge is 0.495 e. The van der Waals surface area contributed by atoms with Crippen molar-refractivity contribution >= 4 is 76.7 Å². The molecule has 150 valence electrons. The summed E-state index contributed by atoms with van der Waals surface area (Å²) in [5.41, 5.74) is 2.44. The second-order valence-corrected chi connectivity index (χ2v) is 9.37. The number of aryl methyl sites for hydroxylation is 1. The fraction of sp³-hybridized carbons (Fsp3) is 0.100. The predicted molar refractivity (Wildman–Crippen MR) is 125 cm³/mol. The number of ether oxygens (including phenoxy) is 1. The van der Waals surface area contributed by atoms with Crippen molar-refractivity contribution in [2.75, 3.05) is 12.4 Å². The molecule has 2 N–H and O–H groups in total. The number of carbonyl (C=O) groups is 2. The first-order chi connectivity index (χ1) is 13.7. The first-order valence-corrected chi connectivity index (χ1v) is 11.4. The number of carbonyl (C=O) groups excluding carboxylic acids is 1. The van der Waals surface area contributed by atoms with Crippen LogP contribution in [0.3, 0.4) is 0 Å². The van der Waals surface area contributed by atoms with Gasteiger partial charge in [0.1, 0.15) is 11.3 Å². The van der Waals surface area contributed by atoms with Gasteiger partial charge in [-0.25, -0.2) is 4.79 Å². The molecule has 0 saturated heterocycles. The van der Waals surface area contributed by atoms with E-state index in [0.717, 1.165) is 11.1 Å². The normalized spacial score (nSPS) is 10.7. The molecule has 0 spiro atoms. The Kier molecular flexibility index (Phi) is 6.83. The number of halogens is 3. The first kappa shape index (κ1) is 22.0. The summed E-state index contributed by atoms with van der Waals surface area (Å²) >= 11 is 11.4. The Balaban J connectivity index is 2.03. The summed E-state index contributed by atoms with van der Waals surface area (Å²) in [6.07, 6.45) is 0. The fourth-order valence-corrected chi connectivity index (χ4v) is 5.68. The van der Waals surface area contributed by atoms with Crippen LogP contribution < -0.4 is 10.1 Å². The minimum atomic E-state index is -1.10. The number of hydrogen-bond acceptors (Lipinski definition) is 4. The maximum atomic E-state index is 13.0. The second-order valence-electron chi connectivity index (χ2n) is 6.05. The highest BCUT2D eigenvalue weighted by atomic mass is 79.9. The summed E-state index contributed by atoms with van der Waals surface area (Å²) in [6, 6.07) is 9.24. The van der Waals surface area contributed by atoms with E-state index in [1.165, 1.54) is 18.4 Å². The molecule has 1 amide bonds. The molecule has 2 aromatic carbocycles. The summed E-state index contributed by atoms with van der Waals surface area (Å²) in [7, 11) is 1.52. The van der Waals surface area contributed by atoms with E-state index in [4.69, 9.17) is 4.74 Å². The topological polar surface area (TPSA) is 75.6 Å². The molecule has 29 heavy (non-hydrogen) atoms. The van der Waals surface area contributed by atoms with Crippen molar-refractivity contribution in [3.05, 3.63) is 65.8 Å². The minimum Gasteiger partial charge on any atom is -0.495 e. The molecule has 0 atom stereocenters. The molecule has 0 aliphatic carbocycles. The lowest BCUT2D eigenvalue weighted by molar-refractivity contribution is 0.0699. The van der Waals surface area contributed by atoms with Crippen molar-refractivity contribution in [3.63, 3.8) is 0 Å². The first-order valence-electron chi connectivity index (χ1n) is 8.19. The predicted octanol–water partition coefficient (Wildman–Crippen LogP) is 6.97. The van der Waals surface area contributed by atoms with Gasteiger partial charge in [0.05, 0.1) is 27.7 Å². The van der Waals surface area contributed by atoms with Crippen LogP contribution in [0.5, 0.6) is 5.75 Å². The van der Waals surface area contributed by atoms with Gasteiger partial charge < -0.3 is 15.2 Å². The van der Waals surface area contributed by atoms with Crippen molar-refractivity contribution < 1.29 is 19.4 Å². The number of rotatable bonds is 5. The van der Waals surface area contributed by atoms with Crippen molar-refractivity contribution in [3.8, 4) is 16.2 Å². The lowest BCUT2D eigenvalue weighted by atomic mass is 10.1. The average Bonchev–Trinajstić information content (AvgIpc) is 3.08. The number of nitrogens with one attached hydrogen (secondary N) is 1. The van der Waals surface area contributed by atoms with E-state index in [1.807, 2.05) is 31.2 Å². The molecule has 0 bridgehead atoms. The monoisotopic (exact) mass is 601 g/mol. The highest BCUT2D eigenvalue weighted by Crippen LogP contribution is 2.41. The Morgan fingerprint density at radius 2 is 1.83 bits per heavy atom. The molecule has 0 aliphatic heterocycles. The molecule has 5 nitrogen and oxygen atoms in total. The van der Waals surface area contributed by atoms with E-state index in [-0.39, 0.29) is 11.3 Å². The van der Waals surface area contributed by atoms with Gasteiger partial charge in [0.25, 0.3) is 5.91 Å². The smallest absolute Gasteiger partial charge is 0.339 e. The Labute approximate surface area is 196 Å². The molecule has 0 saturated carbocycles. The van der Waals surface area contributed by atoms with Gasteiger partial charge in [-0.1, -0.05) is 29.8 Å². The molecule has 0 aliphatic rings. The second kappa shape index (κ2) is 8.99. The van der Waals surface area contributed by atoms with Gasteiger partial charge in [0.15, 0.2) is 0 Å². The molecule has 9 heteroatoms. The number of methoxy groups -OCH3 is 1. The lowest BCUT2D eigenvalue weighted by Gasteiger charge is -2.13. The molecule has 3 rings (SSSR count). The number of thiophene rings is 1. The Morgan fingerprint density at radius 1 is 1.10 bits per heavy atom. The van der Waals surface area contributed by atoms with Gasteiger partial charge in [0, 0.05) is 14.3 Å². The Morgan fingerprint density at radius 3 is 2.45 bits per heavy atom. The summed E-state index contributed by atoms with van der Waals surface area (Å²) < 4.78 is 6.84. The van der Waals surface area contributed by atoms with Gasteiger partial charge in [-0.15, -0.1) is 11.3 Å². The van der Waals surface area contributed by atoms with Crippen LogP contribution >= 0.6 is 59.1 Å². The summed E-state index contributed by atoms with van der Waals surface area (Å²) in [5, 5.41) is 14.2. The summed E-state index contributed by atoms with van der Waals surface area (Å²) in [4.78, 5) is 25.5. The van der Waals surface area contributed by atoms with E-state index in [0.29, 0.717) is 29.6 Å². The van der Waals surface area contributed by atoms with Crippen LogP contribution in [0, 0.1) is 6.92 Å². The van der Waals surface area contributed by atoms with Gasteiger partial charge in [0.2, 0.25) is 0 Å². The maximum absolute atomic E-state index is 13.0. The van der Waals surface area contributed by atoms with Crippen LogP contribution in [0.2, 0.25) is 0 Å². The van der Waals surface area contributed by atoms with Gasteiger partial charge in [-0.2, -0.15) is 0 Å². The van der Waals surface area contributed by atoms with Gasteiger partial charge in [-0.3, -0.25) is 4.79 Å². The van der Waals surface area contributed by atoms with Crippen LogP contribution in [0.15, 0.2) is 49.1 Å². The zero-order valence-electron chi connectivity index (χ0n) is 15.2. The molecular weight excluding hydrogens is 590 g/mol. The van der Waals surface area contributed by atoms with E-state index < -0.39 is 11.9 Å². The molecule has 3 aromatic rings. The van der Waals surface area contributed by atoms with Gasteiger partial charge in [-0.05, 0) is 66.3 Å². The molecule has 0 unspecified atom stereocenters. The number of carboxylic acid groups (broad SMARTS) is 1. The average molecular weight is 604 g/mol. The summed E-state index contributed by atoms with van der Waals surface area (Å²) in [6.45, 7) is 1.94.